The first-order chi connectivity index (χ1) is 7.63. The second-order valence-corrected chi connectivity index (χ2v) is 5.40. The Hall–Kier alpha value is -0.510. The fourth-order valence-corrected chi connectivity index (χ4v) is 3.28. The van der Waals surface area contributed by atoms with Gasteiger partial charge >= 0.3 is 0 Å². The highest BCUT2D eigenvalue weighted by molar-refractivity contribution is 9.08. The van der Waals surface area contributed by atoms with E-state index in [2.05, 4.69) is 39.8 Å². The summed E-state index contributed by atoms with van der Waals surface area (Å²) in [5.74, 6) is 2.10. The van der Waals surface area contributed by atoms with Crippen LogP contribution in [0.1, 0.15) is 31.0 Å². The Bertz CT molecular complexity index is 373. The number of aromatic nitrogens is 2. The van der Waals surface area contributed by atoms with E-state index in [0.29, 0.717) is 0 Å². The molecule has 1 unspecified atom stereocenters. The lowest BCUT2D eigenvalue weighted by Gasteiger charge is -2.33. The van der Waals surface area contributed by atoms with Crippen molar-refractivity contribution in [3.8, 4) is 0 Å². The molecule has 16 heavy (non-hydrogen) atoms. The van der Waals surface area contributed by atoms with Crippen molar-refractivity contribution in [2.45, 2.75) is 32.0 Å². The van der Waals surface area contributed by atoms with Gasteiger partial charge in [0.05, 0.1) is 5.69 Å². The lowest BCUT2D eigenvalue weighted by Crippen LogP contribution is -2.36. The molecule has 0 aliphatic carbocycles. The largest absolute Gasteiger partial charge is 0.356 e. The Labute approximate surface area is 106 Å². The third-order valence-corrected chi connectivity index (χ3v) is 3.96. The highest BCUT2D eigenvalue weighted by Gasteiger charge is 2.22. The smallest absolute Gasteiger partial charge is 0.130 e. The van der Waals surface area contributed by atoms with Gasteiger partial charge in [-0.05, 0) is 25.7 Å². The monoisotopic (exact) mass is 285 g/mol. The van der Waals surface area contributed by atoms with Crippen LogP contribution in [-0.2, 0) is 12.4 Å². The van der Waals surface area contributed by atoms with Crippen LogP contribution in [-0.4, -0.2) is 22.9 Å². The van der Waals surface area contributed by atoms with E-state index in [1.807, 2.05) is 11.7 Å². The van der Waals surface area contributed by atoms with E-state index in [0.717, 1.165) is 16.9 Å². The van der Waals surface area contributed by atoms with E-state index >= 15 is 0 Å². The minimum Gasteiger partial charge on any atom is -0.356 e. The Kier molecular flexibility index (Phi) is 3.57. The number of rotatable bonds is 2. The first-order valence-corrected chi connectivity index (χ1v) is 7.09. The quantitative estimate of drug-likeness (QED) is 0.779. The molecular weight excluding hydrogens is 266 g/mol. The van der Waals surface area contributed by atoms with Gasteiger partial charge in [-0.1, -0.05) is 22.9 Å². The zero-order valence-electron chi connectivity index (χ0n) is 10.3. The lowest BCUT2D eigenvalue weighted by atomic mass is 10.00. The first kappa shape index (κ1) is 12.0. The predicted octanol–water partition coefficient (Wildman–Crippen LogP) is 2.86. The molecule has 3 nitrogen and oxygen atoms in total. The van der Waals surface area contributed by atoms with Crippen LogP contribution in [0, 0.1) is 12.8 Å². The van der Waals surface area contributed by atoms with Crippen LogP contribution in [0.25, 0.3) is 0 Å². The third-order valence-electron chi connectivity index (χ3n) is 3.40. The maximum absolute atomic E-state index is 4.53. The standard InChI is InChI=1S/C12H20BrN3/c1-9-5-4-6-16(8-9)12-11(7-13)10(2)14-15(12)3/h9H,4-8H2,1-3H3. The van der Waals surface area contributed by atoms with Crippen molar-refractivity contribution in [1.82, 2.24) is 9.78 Å². The van der Waals surface area contributed by atoms with E-state index < -0.39 is 0 Å². The molecule has 1 aliphatic rings. The van der Waals surface area contributed by atoms with Crippen LogP contribution in [0.4, 0.5) is 5.82 Å². The van der Waals surface area contributed by atoms with Gasteiger partial charge in [0.15, 0.2) is 0 Å². The molecule has 0 amide bonds. The van der Waals surface area contributed by atoms with Crippen molar-refractivity contribution in [2.24, 2.45) is 13.0 Å². The number of alkyl halides is 1. The minimum atomic E-state index is 0.798. The maximum atomic E-state index is 4.53. The van der Waals surface area contributed by atoms with Crippen LogP contribution in [0.3, 0.4) is 0 Å². The SMILES string of the molecule is Cc1nn(C)c(N2CCCC(C)C2)c1CBr. The van der Waals surface area contributed by atoms with E-state index in [4.69, 9.17) is 0 Å². The topological polar surface area (TPSA) is 21.1 Å². The van der Waals surface area contributed by atoms with Crippen molar-refractivity contribution < 1.29 is 0 Å². The van der Waals surface area contributed by atoms with Gasteiger partial charge in [0.25, 0.3) is 0 Å². The molecule has 0 radical (unpaired) electrons. The summed E-state index contributed by atoms with van der Waals surface area (Å²) in [6.45, 7) is 6.76. The molecule has 1 fully saturated rings. The van der Waals surface area contributed by atoms with E-state index in [-0.39, 0.29) is 0 Å². The number of halogens is 1. The van der Waals surface area contributed by atoms with E-state index in [1.165, 1.54) is 37.3 Å². The summed E-state index contributed by atoms with van der Waals surface area (Å²) in [6.07, 6.45) is 2.66. The average Bonchev–Trinajstić information content (AvgIpc) is 2.52. The van der Waals surface area contributed by atoms with Crippen molar-refractivity contribution >= 4 is 21.7 Å². The van der Waals surface area contributed by atoms with Crippen LogP contribution in [0.2, 0.25) is 0 Å². The summed E-state index contributed by atoms with van der Waals surface area (Å²) in [5.41, 5.74) is 2.49. The summed E-state index contributed by atoms with van der Waals surface area (Å²) in [5, 5.41) is 5.42. The maximum Gasteiger partial charge on any atom is 0.130 e. The molecule has 2 rings (SSSR count). The summed E-state index contributed by atoms with van der Waals surface area (Å²) in [7, 11) is 2.05. The molecule has 0 bridgehead atoms. The summed E-state index contributed by atoms with van der Waals surface area (Å²) in [4.78, 5) is 2.49. The number of hydrogen-bond donors (Lipinski definition) is 0. The van der Waals surface area contributed by atoms with E-state index in [9.17, 15) is 0 Å². The number of nitrogens with zero attached hydrogens (tertiary/aromatic N) is 3. The molecule has 1 aliphatic heterocycles. The third kappa shape index (κ3) is 2.12. The van der Waals surface area contributed by atoms with E-state index in [1.54, 1.807) is 0 Å². The second kappa shape index (κ2) is 4.78. The van der Waals surface area contributed by atoms with Gasteiger partial charge in [-0.15, -0.1) is 0 Å². The van der Waals surface area contributed by atoms with Crippen LogP contribution < -0.4 is 4.90 Å². The summed E-state index contributed by atoms with van der Waals surface area (Å²) < 4.78 is 2.03. The second-order valence-electron chi connectivity index (χ2n) is 4.84. The minimum absolute atomic E-state index is 0.798. The van der Waals surface area contributed by atoms with Crippen molar-refractivity contribution in [3.63, 3.8) is 0 Å². The Balaban J connectivity index is 2.31. The molecule has 4 heteroatoms. The number of anilines is 1. The molecule has 1 atom stereocenters. The first-order valence-electron chi connectivity index (χ1n) is 5.97. The van der Waals surface area contributed by atoms with Gasteiger partial charge in [0, 0.05) is 31.0 Å². The lowest BCUT2D eigenvalue weighted by molar-refractivity contribution is 0.440. The molecule has 90 valence electrons. The predicted molar refractivity (Wildman–Crippen MR) is 71.2 cm³/mol. The molecule has 0 spiro atoms. The molecule has 1 saturated heterocycles. The molecule has 2 heterocycles. The van der Waals surface area contributed by atoms with Gasteiger partial charge in [0.2, 0.25) is 0 Å². The Morgan fingerprint density at radius 1 is 1.50 bits per heavy atom. The molecular formula is C12H20BrN3. The Morgan fingerprint density at radius 2 is 2.25 bits per heavy atom. The zero-order chi connectivity index (χ0) is 11.7. The van der Waals surface area contributed by atoms with Gasteiger partial charge in [0.1, 0.15) is 5.82 Å². The molecule has 1 aromatic heterocycles. The van der Waals surface area contributed by atoms with Crippen molar-refractivity contribution in [1.29, 1.82) is 0 Å². The van der Waals surface area contributed by atoms with Crippen molar-refractivity contribution in [2.75, 3.05) is 18.0 Å². The van der Waals surface area contributed by atoms with Crippen LogP contribution in [0.5, 0.6) is 0 Å². The van der Waals surface area contributed by atoms with Crippen LogP contribution in [0.15, 0.2) is 0 Å². The highest BCUT2D eigenvalue weighted by atomic mass is 79.9. The number of piperidine rings is 1. The zero-order valence-corrected chi connectivity index (χ0v) is 11.9. The van der Waals surface area contributed by atoms with Gasteiger partial charge < -0.3 is 4.90 Å². The average molecular weight is 286 g/mol. The van der Waals surface area contributed by atoms with Gasteiger partial charge in [-0.3, -0.25) is 4.68 Å². The fraction of sp³-hybridized carbons (Fsp3) is 0.750. The van der Waals surface area contributed by atoms with Crippen molar-refractivity contribution in [3.05, 3.63) is 11.3 Å². The molecule has 0 N–H and O–H groups in total. The highest BCUT2D eigenvalue weighted by Crippen LogP contribution is 2.29. The summed E-state index contributed by atoms with van der Waals surface area (Å²) >= 11 is 3.57. The molecule has 0 aromatic carbocycles. The number of hydrogen-bond acceptors (Lipinski definition) is 2. The molecule has 1 aromatic rings. The normalized spacial score (nSPS) is 21.5. The Morgan fingerprint density at radius 3 is 2.88 bits per heavy atom. The number of aryl methyl sites for hydroxylation is 2. The van der Waals surface area contributed by atoms with Gasteiger partial charge in [-0.25, -0.2) is 0 Å². The van der Waals surface area contributed by atoms with Gasteiger partial charge in [-0.2, -0.15) is 5.10 Å². The molecule has 0 saturated carbocycles. The van der Waals surface area contributed by atoms with Crippen LogP contribution >= 0.6 is 15.9 Å². The fourth-order valence-electron chi connectivity index (χ4n) is 2.62. The summed E-state index contributed by atoms with van der Waals surface area (Å²) in [6, 6.07) is 0.